The molecule has 0 aliphatic rings. The maximum atomic E-state index is 9.37. The number of benzene rings is 1. The highest BCUT2D eigenvalue weighted by Crippen LogP contribution is 2.28. The molecule has 1 aromatic carbocycles. The van der Waals surface area contributed by atoms with Crippen molar-refractivity contribution in [1.29, 1.82) is 0 Å². The van der Waals surface area contributed by atoms with E-state index in [-0.39, 0.29) is 6.42 Å². The lowest BCUT2D eigenvalue weighted by atomic mass is 10.1. The summed E-state index contributed by atoms with van der Waals surface area (Å²) in [6.45, 7) is 5.60. The van der Waals surface area contributed by atoms with E-state index in [0.29, 0.717) is 0 Å². The Balaban J connectivity index is 0.000000437. The van der Waals surface area contributed by atoms with Gasteiger partial charge in [0.15, 0.2) is 0 Å². The summed E-state index contributed by atoms with van der Waals surface area (Å²) in [6, 6.07) is 4.00. The molecule has 0 bridgehead atoms. The maximum Gasteiger partial charge on any atom is 0.303 e. The first-order chi connectivity index (χ1) is 7.96. The predicted octanol–water partition coefficient (Wildman–Crippen LogP) is 2.80. The number of aryl methyl sites for hydroxylation is 1. The Morgan fingerprint density at radius 1 is 1.18 bits per heavy atom. The summed E-state index contributed by atoms with van der Waals surface area (Å²) >= 11 is 0. The highest BCUT2D eigenvalue weighted by atomic mass is 16.5. The van der Waals surface area contributed by atoms with Gasteiger partial charge in [0, 0.05) is 12.0 Å². The number of methoxy groups -OCH3 is 2. The average molecular weight is 240 g/mol. The van der Waals surface area contributed by atoms with Crippen LogP contribution >= 0.6 is 0 Å². The predicted molar refractivity (Wildman–Crippen MR) is 66.9 cm³/mol. The molecule has 0 atom stereocenters. The van der Waals surface area contributed by atoms with Crippen LogP contribution in [0, 0.1) is 13.8 Å². The van der Waals surface area contributed by atoms with Gasteiger partial charge >= 0.3 is 5.97 Å². The Hall–Kier alpha value is -1.71. The summed E-state index contributed by atoms with van der Waals surface area (Å²) in [6.07, 6.45) is 0.222. The van der Waals surface area contributed by atoms with Crippen molar-refractivity contribution in [3.63, 3.8) is 0 Å². The van der Waals surface area contributed by atoms with E-state index in [1.54, 1.807) is 21.1 Å². The van der Waals surface area contributed by atoms with Crippen LogP contribution in [-0.2, 0) is 4.79 Å². The molecule has 0 aliphatic carbocycles. The van der Waals surface area contributed by atoms with Crippen LogP contribution < -0.4 is 9.47 Å². The van der Waals surface area contributed by atoms with Crippen molar-refractivity contribution < 1.29 is 19.4 Å². The zero-order chi connectivity index (χ0) is 13.4. The fraction of sp³-hybridized carbons (Fsp3) is 0.462. The molecule has 1 rings (SSSR count). The number of hydrogen-bond acceptors (Lipinski definition) is 3. The molecule has 17 heavy (non-hydrogen) atoms. The number of carbonyl (C=O) groups is 1. The van der Waals surface area contributed by atoms with Gasteiger partial charge in [-0.1, -0.05) is 6.92 Å². The Morgan fingerprint density at radius 2 is 1.53 bits per heavy atom. The summed E-state index contributed by atoms with van der Waals surface area (Å²) in [5.74, 6) is 1.02. The van der Waals surface area contributed by atoms with E-state index >= 15 is 0 Å². The first kappa shape index (κ1) is 15.3. The maximum absolute atomic E-state index is 9.37. The van der Waals surface area contributed by atoms with Gasteiger partial charge in [0.25, 0.3) is 0 Å². The Bertz CT molecular complexity index is 347. The summed E-state index contributed by atoms with van der Waals surface area (Å²) < 4.78 is 10.4. The minimum absolute atomic E-state index is 0.222. The Kier molecular flexibility index (Phi) is 6.79. The highest BCUT2D eigenvalue weighted by molar-refractivity contribution is 5.66. The first-order valence-corrected chi connectivity index (χ1v) is 5.37. The molecule has 0 unspecified atom stereocenters. The number of rotatable bonds is 3. The molecular formula is C13H20O4. The topological polar surface area (TPSA) is 55.8 Å². The van der Waals surface area contributed by atoms with Gasteiger partial charge in [-0.25, -0.2) is 0 Å². The Labute approximate surface area is 102 Å². The average Bonchev–Trinajstić information content (AvgIpc) is 2.32. The van der Waals surface area contributed by atoms with E-state index in [1.807, 2.05) is 26.0 Å². The highest BCUT2D eigenvalue weighted by Gasteiger charge is 2.05. The van der Waals surface area contributed by atoms with Gasteiger partial charge in [-0.3, -0.25) is 4.79 Å². The van der Waals surface area contributed by atoms with E-state index in [9.17, 15) is 4.79 Å². The third-order valence-electron chi connectivity index (χ3n) is 2.20. The monoisotopic (exact) mass is 240 g/mol. The fourth-order valence-electron chi connectivity index (χ4n) is 1.22. The van der Waals surface area contributed by atoms with Crippen molar-refractivity contribution in [2.75, 3.05) is 14.2 Å². The quantitative estimate of drug-likeness (QED) is 0.882. The molecule has 1 N–H and O–H groups in total. The number of carboxylic acid groups (broad SMARTS) is 1. The van der Waals surface area contributed by atoms with Crippen LogP contribution in [0.1, 0.15) is 24.5 Å². The second-order valence-electron chi connectivity index (χ2n) is 3.54. The van der Waals surface area contributed by atoms with Gasteiger partial charge in [-0.05, 0) is 31.5 Å². The number of hydrogen-bond donors (Lipinski definition) is 1. The van der Waals surface area contributed by atoms with Crippen LogP contribution in [0.4, 0.5) is 0 Å². The first-order valence-electron chi connectivity index (χ1n) is 5.37. The van der Waals surface area contributed by atoms with Crippen LogP contribution in [0.25, 0.3) is 0 Å². The molecule has 0 aliphatic heterocycles. The smallest absolute Gasteiger partial charge is 0.303 e. The van der Waals surface area contributed by atoms with Crippen LogP contribution in [0.3, 0.4) is 0 Å². The van der Waals surface area contributed by atoms with Crippen molar-refractivity contribution in [2.45, 2.75) is 27.2 Å². The molecular weight excluding hydrogens is 220 g/mol. The molecule has 0 saturated heterocycles. The second-order valence-corrected chi connectivity index (χ2v) is 3.54. The van der Waals surface area contributed by atoms with Crippen LogP contribution in [0.5, 0.6) is 11.5 Å². The minimum atomic E-state index is -0.745. The van der Waals surface area contributed by atoms with Gasteiger partial charge in [0.05, 0.1) is 14.2 Å². The van der Waals surface area contributed by atoms with E-state index < -0.39 is 5.97 Å². The van der Waals surface area contributed by atoms with E-state index in [2.05, 4.69) is 0 Å². The van der Waals surface area contributed by atoms with Gasteiger partial charge in [-0.2, -0.15) is 0 Å². The summed E-state index contributed by atoms with van der Waals surface area (Å²) in [5, 5.41) is 7.72. The van der Waals surface area contributed by atoms with Crippen LogP contribution in [-0.4, -0.2) is 25.3 Å². The third-order valence-corrected chi connectivity index (χ3v) is 2.20. The number of aliphatic carboxylic acids is 1. The lowest BCUT2D eigenvalue weighted by molar-refractivity contribution is -0.136. The van der Waals surface area contributed by atoms with Crippen molar-refractivity contribution in [3.05, 3.63) is 23.3 Å². The van der Waals surface area contributed by atoms with Gasteiger partial charge in [-0.15, -0.1) is 0 Å². The normalized spacial score (nSPS) is 9.00. The van der Waals surface area contributed by atoms with Crippen molar-refractivity contribution in [3.8, 4) is 11.5 Å². The third kappa shape index (κ3) is 5.24. The van der Waals surface area contributed by atoms with Crippen LogP contribution in [0.2, 0.25) is 0 Å². The molecule has 1 aromatic rings. The summed E-state index contributed by atoms with van der Waals surface area (Å²) in [7, 11) is 3.34. The van der Waals surface area contributed by atoms with Crippen molar-refractivity contribution in [1.82, 2.24) is 0 Å². The molecule has 0 fully saturated rings. The number of carboxylic acids is 1. The van der Waals surface area contributed by atoms with E-state index in [4.69, 9.17) is 14.6 Å². The minimum Gasteiger partial charge on any atom is -0.496 e. The summed E-state index contributed by atoms with van der Waals surface area (Å²) in [5.41, 5.74) is 2.19. The van der Waals surface area contributed by atoms with E-state index in [0.717, 1.165) is 22.6 Å². The lowest BCUT2D eigenvalue weighted by Gasteiger charge is -2.10. The van der Waals surface area contributed by atoms with Crippen molar-refractivity contribution in [2.24, 2.45) is 0 Å². The molecule has 0 radical (unpaired) electrons. The molecule has 0 spiro atoms. The Morgan fingerprint density at radius 3 is 1.76 bits per heavy atom. The molecule has 4 nitrogen and oxygen atoms in total. The molecule has 0 heterocycles. The number of ether oxygens (including phenoxy) is 2. The summed E-state index contributed by atoms with van der Waals surface area (Å²) in [4.78, 5) is 9.37. The molecule has 0 amide bonds. The largest absolute Gasteiger partial charge is 0.496 e. The van der Waals surface area contributed by atoms with Gasteiger partial charge in [0.1, 0.15) is 11.5 Å². The van der Waals surface area contributed by atoms with Crippen molar-refractivity contribution >= 4 is 5.97 Å². The van der Waals surface area contributed by atoms with Crippen LogP contribution in [0.15, 0.2) is 12.1 Å². The zero-order valence-corrected chi connectivity index (χ0v) is 11.0. The molecule has 96 valence electrons. The molecule has 0 aromatic heterocycles. The fourth-order valence-corrected chi connectivity index (χ4v) is 1.22. The lowest BCUT2D eigenvalue weighted by Crippen LogP contribution is -1.93. The van der Waals surface area contributed by atoms with Gasteiger partial charge in [0.2, 0.25) is 0 Å². The second kappa shape index (κ2) is 7.54. The molecule has 0 saturated carbocycles. The van der Waals surface area contributed by atoms with Gasteiger partial charge < -0.3 is 14.6 Å². The SMILES string of the molecule is CCC(=O)O.COc1cc(C)cc(OC)c1C. The van der Waals surface area contributed by atoms with E-state index in [1.165, 1.54) is 0 Å². The standard InChI is InChI=1S/C10H14O2.C3H6O2/c1-7-5-9(11-3)8(2)10(6-7)12-4;1-2-3(4)5/h5-6H,1-4H3;2H2,1H3,(H,4,5). The zero-order valence-electron chi connectivity index (χ0n) is 11.0. The molecule has 4 heteroatoms.